The molecule has 0 unspecified atom stereocenters. The van der Waals surface area contributed by atoms with Crippen molar-refractivity contribution >= 4 is 19.3 Å². The molecular weight excluding hydrogens is 129 g/mol. The third kappa shape index (κ3) is 5.34. The van der Waals surface area contributed by atoms with Crippen molar-refractivity contribution in [1.29, 1.82) is 0 Å². The fraction of sp³-hybridized carbons (Fsp3) is 0.667. The SMILES string of the molecule is [B]CO/N=C(\C)CC(C)=O. The first kappa shape index (κ1) is 9.20. The molecule has 0 aromatic carbocycles. The highest BCUT2D eigenvalue weighted by Crippen LogP contribution is 1.88. The Kier molecular flexibility index (Phi) is 4.63. The van der Waals surface area contributed by atoms with Crippen LogP contribution in [0.3, 0.4) is 0 Å². The zero-order valence-corrected chi connectivity index (χ0v) is 6.26. The third-order valence-corrected chi connectivity index (χ3v) is 0.800. The predicted molar refractivity (Wildman–Crippen MR) is 40.1 cm³/mol. The lowest BCUT2D eigenvalue weighted by molar-refractivity contribution is -0.115. The van der Waals surface area contributed by atoms with E-state index in [9.17, 15) is 4.79 Å². The van der Waals surface area contributed by atoms with Crippen molar-refractivity contribution in [3.8, 4) is 0 Å². The number of ketones is 1. The number of carbonyl (C=O) groups excluding carboxylic acids is 1. The van der Waals surface area contributed by atoms with Gasteiger partial charge in [-0.05, 0) is 13.8 Å². The molecule has 0 saturated carbocycles. The van der Waals surface area contributed by atoms with E-state index >= 15 is 0 Å². The summed E-state index contributed by atoms with van der Waals surface area (Å²) in [6.07, 6.45) is 0.333. The molecule has 0 fully saturated rings. The summed E-state index contributed by atoms with van der Waals surface area (Å²) in [6.45, 7) is 3.27. The molecule has 54 valence electrons. The van der Waals surface area contributed by atoms with Gasteiger partial charge in [-0.1, -0.05) is 5.16 Å². The van der Waals surface area contributed by atoms with Crippen LogP contribution in [0.1, 0.15) is 20.3 Å². The van der Waals surface area contributed by atoms with Gasteiger partial charge in [-0.3, -0.25) is 4.79 Å². The van der Waals surface area contributed by atoms with Gasteiger partial charge >= 0.3 is 0 Å². The quantitative estimate of drug-likeness (QED) is 0.322. The standard InChI is InChI=1S/C6H10BNO2/c1-5(3-6(2)9)8-10-4-7/h3-4H2,1-2H3/b8-5+. The Labute approximate surface area is 61.8 Å². The smallest absolute Gasteiger partial charge is 0.135 e. The van der Waals surface area contributed by atoms with Crippen LogP contribution in [0.15, 0.2) is 5.16 Å². The summed E-state index contributed by atoms with van der Waals surface area (Å²) < 4.78 is 0. The van der Waals surface area contributed by atoms with Crippen molar-refractivity contribution in [3.63, 3.8) is 0 Å². The summed E-state index contributed by atoms with van der Waals surface area (Å²) in [7, 11) is 4.99. The fourth-order valence-electron chi connectivity index (χ4n) is 0.540. The van der Waals surface area contributed by atoms with Crippen LogP contribution in [-0.4, -0.2) is 25.8 Å². The number of nitrogens with zero attached hydrogens (tertiary/aromatic N) is 1. The van der Waals surface area contributed by atoms with Gasteiger partial charge in [-0.15, -0.1) is 0 Å². The van der Waals surface area contributed by atoms with E-state index in [1.165, 1.54) is 6.92 Å². The molecule has 0 N–H and O–H groups in total. The van der Waals surface area contributed by atoms with Gasteiger partial charge < -0.3 is 4.84 Å². The lowest BCUT2D eigenvalue weighted by Crippen LogP contribution is -2.01. The van der Waals surface area contributed by atoms with Crippen LogP contribution in [0.5, 0.6) is 0 Å². The van der Waals surface area contributed by atoms with E-state index in [4.69, 9.17) is 7.85 Å². The highest BCUT2D eigenvalue weighted by molar-refractivity contribution is 6.08. The van der Waals surface area contributed by atoms with E-state index in [-0.39, 0.29) is 12.3 Å². The van der Waals surface area contributed by atoms with Crippen LogP contribution < -0.4 is 0 Å². The predicted octanol–water partition coefficient (Wildman–Crippen LogP) is 0.484. The molecule has 10 heavy (non-hydrogen) atoms. The average molecular weight is 139 g/mol. The Balaban J connectivity index is 3.59. The summed E-state index contributed by atoms with van der Waals surface area (Å²) in [5.41, 5.74) is 0.651. The summed E-state index contributed by atoms with van der Waals surface area (Å²) in [6, 6.07) is 0. The summed E-state index contributed by atoms with van der Waals surface area (Å²) in [4.78, 5) is 15.0. The molecule has 0 aromatic rings. The van der Waals surface area contributed by atoms with Gasteiger partial charge in [0.15, 0.2) is 0 Å². The average Bonchev–Trinajstić information content (AvgIpc) is 1.82. The van der Waals surface area contributed by atoms with Crippen LogP contribution in [0.25, 0.3) is 0 Å². The lowest BCUT2D eigenvalue weighted by atomic mass is 10.2. The molecule has 0 amide bonds. The number of oxime groups is 1. The lowest BCUT2D eigenvalue weighted by Gasteiger charge is -1.95. The summed E-state index contributed by atoms with van der Waals surface area (Å²) in [5.74, 6) is 0.0712. The third-order valence-electron chi connectivity index (χ3n) is 0.800. The molecule has 0 aliphatic carbocycles. The number of carbonyl (C=O) groups is 1. The largest absolute Gasteiger partial charge is 0.406 e. The molecule has 0 aromatic heterocycles. The van der Waals surface area contributed by atoms with Crippen LogP contribution in [0.2, 0.25) is 0 Å². The maximum absolute atomic E-state index is 10.4. The molecule has 0 aliphatic heterocycles. The van der Waals surface area contributed by atoms with E-state index in [0.29, 0.717) is 12.1 Å². The van der Waals surface area contributed by atoms with Crippen molar-refractivity contribution in [2.45, 2.75) is 20.3 Å². The number of hydrogen-bond donors (Lipinski definition) is 0. The Morgan fingerprint density at radius 2 is 2.20 bits per heavy atom. The molecule has 0 rings (SSSR count). The molecule has 0 saturated heterocycles. The number of hydrogen-bond acceptors (Lipinski definition) is 3. The Morgan fingerprint density at radius 3 is 2.60 bits per heavy atom. The minimum absolute atomic E-state index is 0.0508. The van der Waals surface area contributed by atoms with Crippen molar-refractivity contribution < 1.29 is 9.63 Å². The van der Waals surface area contributed by atoms with Crippen LogP contribution in [-0.2, 0) is 9.63 Å². The molecule has 2 radical (unpaired) electrons. The van der Waals surface area contributed by atoms with Crippen molar-refractivity contribution in [3.05, 3.63) is 0 Å². The van der Waals surface area contributed by atoms with E-state index in [1.54, 1.807) is 6.92 Å². The molecule has 0 atom stereocenters. The van der Waals surface area contributed by atoms with Gasteiger partial charge in [0.25, 0.3) is 0 Å². The first-order valence-electron chi connectivity index (χ1n) is 3.01. The maximum Gasteiger partial charge on any atom is 0.135 e. The zero-order valence-electron chi connectivity index (χ0n) is 6.26. The van der Waals surface area contributed by atoms with Gasteiger partial charge in [-0.2, -0.15) is 0 Å². The highest BCUT2D eigenvalue weighted by atomic mass is 16.6. The van der Waals surface area contributed by atoms with Gasteiger partial charge in [-0.25, -0.2) is 0 Å². The van der Waals surface area contributed by atoms with Gasteiger partial charge in [0.1, 0.15) is 13.6 Å². The van der Waals surface area contributed by atoms with Crippen molar-refractivity contribution in [2.75, 3.05) is 6.51 Å². The molecule has 0 bridgehead atoms. The molecule has 4 heteroatoms. The maximum atomic E-state index is 10.4. The molecule has 0 spiro atoms. The second-order valence-electron chi connectivity index (χ2n) is 2.00. The van der Waals surface area contributed by atoms with E-state index < -0.39 is 0 Å². The zero-order chi connectivity index (χ0) is 7.98. The molecule has 0 aliphatic rings. The van der Waals surface area contributed by atoms with Crippen molar-refractivity contribution in [2.24, 2.45) is 5.16 Å². The van der Waals surface area contributed by atoms with Crippen molar-refractivity contribution in [1.82, 2.24) is 0 Å². The first-order valence-corrected chi connectivity index (χ1v) is 3.01. The Morgan fingerprint density at radius 1 is 1.60 bits per heavy atom. The number of Topliss-reactive ketones (excluding diaryl/α,β-unsaturated/α-hetero) is 1. The molecular formula is C6H10BNO2. The molecule has 0 heterocycles. The van der Waals surface area contributed by atoms with Crippen LogP contribution in [0, 0.1) is 0 Å². The normalized spacial score (nSPS) is 11.2. The second-order valence-corrected chi connectivity index (χ2v) is 2.00. The second kappa shape index (κ2) is 5.03. The number of rotatable bonds is 4. The summed E-state index contributed by atoms with van der Waals surface area (Å²) in [5, 5.41) is 3.55. The molecule has 3 nitrogen and oxygen atoms in total. The monoisotopic (exact) mass is 139 g/mol. The van der Waals surface area contributed by atoms with E-state index in [1.807, 2.05) is 0 Å². The van der Waals surface area contributed by atoms with Gasteiger partial charge in [0.2, 0.25) is 0 Å². The minimum atomic E-state index is 0.0508. The Hall–Kier alpha value is -0.795. The van der Waals surface area contributed by atoms with E-state index in [0.717, 1.165) is 0 Å². The highest BCUT2D eigenvalue weighted by Gasteiger charge is 1.95. The Bertz CT molecular complexity index is 145. The van der Waals surface area contributed by atoms with E-state index in [2.05, 4.69) is 9.99 Å². The topological polar surface area (TPSA) is 38.7 Å². The van der Waals surface area contributed by atoms with Crippen LogP contribution in [0.4, 0.5) is 0 Å². The van der Waals surface area contributed by atoms with Crippen LogP contribution >= 0.6 is 0 Å². The minimum Gasteiger partial charge on any atom is -0.406 e. The first-order chi connectivity index (χ1) is 4.66. The fourth-order valence-corrected chi connectivity index (χ4v) is 0.540. The van der Waals surface area contributed by atoms with Gasteiger partial charge in [0, 0.05) is 6.42 Å². The summed E-state index contributed by atoms with van der Waals surface area (Å²) >= 11 is 0. The van der Waals surface area contributed by atoms with Gasteiger partial charge in [0.05, 0.1) is 12.2 Å².